The zero-order valence-electron chi connectivity index (χ0n) is 15.7. The summed E-state index contributed by atoms with van der Waals surface area (Å²) in [7, 11) is -3.30. The maximum absolute atomic E-state index is 13.2. The third-order valence-corrected chi connectivity index (χ3v) is 6.58. The Balaban J connectivity index is 1.69. The van der Waals surface area contributed by atoms with E-state index in [0.717, 1.165) is 36.9 Å². The predicted molar refractivity (Wildman–Crippen MR) is 108 cm³/mol. The minimum atomic E-state index is -3.30. The van der Waals surface area contributed by atoms with Crippen molar-refractivity contribution < 1.29 is 13.2 Å². The second-order valence-corrected chi connectivity index (χ2v) is 9.38. The van der Waals surface area contributed by atoms with Crippen LogP contribution in [0.4, 0.5) is 11.4 Å². The summed E-state index contributed by atoms with van der Waals surface area (Å²) in [5.41, 5.74) is 5.67. The molecule has 2 aromatic rings. The molecule has 0 unspecified atom stereocenters. The van der Waals surface area contributed by atoms with E-state index in [0.29, 0.717) is 24.3 Å². The van der Waals surface area contributed by atoms with E-state index in [2.05, 4.69) is 13.0 Å². The second-order valence-electron chi connectivity index (χ2n) is 7.47. The highest BCUT2D eigenvalue weighted by Crippen LogP contribution is 2.32. The molecular formula is C21H24N2O3S. The van der Waals surface area contributed by atoms with Gasteiger partial charge in [0.05, 0.1) is 11.9 Å². The Hall–Kier alpha value is -2.34. The molecule has 142 valence electrons. The fourth-order valence-corrected chi connectivity index (χ4v) is 5.13. The molecule has 5 nitrogen and oxygen atoms in total. The first-order valence-electron chi connectivity index (χ1n) is 9.36. The van der Waals surface area contributed by atoms with E-state index < -0.39 is 10.0 Å². The zero-order chi connectivity index (χ0) is 19.2. The molecule has 2 aromatic carbocycles. The van der Waals surface area contributed by atoms with Gasteiger partial charge in [-0.25, -0.2) is 8.42 Å². The van der Waals surface area contributed by atoms with Crippen LogP contribution in [0, 0.1) is 6.92 Å². The Morgan fingerprint density at radius 2 is 1.59 bits per heavy atom. The van der Waals surface area contributed by atoms with E-state index in [1.165, 1.54) is 21.7 Å². The van der Waals surface area contributed by atoms with Crippen molar-refractivity contribution in [3.63, 3.8) is 0 Å². The van der Waals surface area contributed by atoms with Gasteiger partial charge in [0, 0.05) is 24.3 Å². The Labute approximate surface area is 160 Å². The number of fused-ring (bicyclic) bond motifs is 2. The van der Waals surface area contributed by atoms with Crippen LogP contribution >= 0.6 is 0 Å². The molecule has 0 bridgehead atoms. The molecule has 0 aliphatic carbocycles. The molecule has 2 aliphatic rings. The predicted octanol–water partition coefficient (Wildman–Crippen LogP) is 3.30. The van der Waals surface area contributed by atoms with Crippen LogP contribution < -0.4 is 9.21 Å². The number of sulfonamides is 1. The standard InChI is InChI=1S/C21H24N2O3S/c1-15-7-9-19-16(13-15)5-3-11-22(19)21(24)18-8-10-20-17(14-18)6-4-12-23(20)27(2,25)26/h7-10,13-14H,3-6,11-12H2,1-2H3. The van der Waals surface area contributed by atoms with Crippen molar-refractivity contribution in [1.82, 2.24) is 0 Å². The zero-order valence-corrected chi connectivity index (χ0v) is 16.6. The van der Waals surface area contributed by atoms with E-state index in [1.807, 2.05) is 23.1 Å². The smallest absolute Gasteiger partial charge is 0.258 e. The first-order valence-corrected chi connectivity index (χ1v) is 11.2. The maximum Gasteiger partial charge on any atom is 0.258 e. The third kappa shape index (κ3) is 3.34. The summed E-state index contributed by atoms with van der Waals surface area (Å²) in [6, 6.07) is 11.6. The highest BCUT2D eigenvalue weighted by Gasteiger charge is 2.27. The Morgan fingerprint density at radius 1 is 0.926 bits per heavy atom. The summed E-state index contributed by atoms with van der Waals surface area (Å²) in [6.07, 6.45) is 4.74. The fourth-order valence-electron chi connectivity index (χ4n) is 4.13. The van der Waals surface area contributed by atoms with Gasteiger partial charge in [-0.15, -0.1) is 0 Å². The number of nitrogens with zero attached hydrogens (tertiary/aromatic N) is 2. The lowest BCUT2D eigenvalue weighted by Crippen LogP contribution is -2.36. The average Bonchev–Trinajstić information content (AvgIpc) is 2.65. The van der Waals surface area contributed by atoms with Crippen LogP contribution in [0.2, 0.25) is 0 Å². The van der Waals surface area contributed by atoms with Crippen molar-refractivity contribution in [2.75, 3.05) is 28.6 Å². The van der Waals surface area contributed by atoms with E-state index in [-0.39, 0.29) is 5.91 Å². The van der Waals surface area contributed by atoms with Crippen LogP contribution in [0.3, 0.4) is 0 Å². The molecule has 0 spiro atoms. The first-order chi connectivity index (χ1) is 12.8. The van der Waals surface area contributed by atoms with Crippen LogP contribution in [0.25, 0.3) is 0 Å². The normalized spacial score (nSPS) is 16.7. The molecule has 2 heterocycles. The highest BCUT2D eigenvalue weighted by atomic mass is 32.2. The molecule has 6 heteroatoms. The Morgan fingerprint density at radius 3 is 2.33 bits per heavy atom. The van der Waals surface area contributed by atoms with Gasteiger partial charge in [0.2, 0.25) is 10.0 Å². The molecule has 0 aromatic heterocycles. The van der Waals surface area contributed by atoms with E-state index in [1.54, 1.807) is 12.1 Å². The van der Waals surface area contributed by atoms with Gasteiger partial charge in [0.25, 0.3) is 5.91 Å². The Bertz CT molecular complexity index is 1010. The van der Waals surface area contributed by atoms with Gasteiger partial charge in [-0.1, -0.05) is 17.7 Å². The molecule has 2 aliphatic heterocycles. The number of carbonyl (C=O) groups is 1. The van der Waals surface area contributed by atoms with Crippen LogP contribution in [0.5, 0.6) is 0 Å². The van der Waals surface area contributed by atoms with Gasteiger partial charge < -0.3 is 4.90 Å². The summed E-state index contributed by atoms with van der Waals surface area (Å²) in [5.74, 6) is -0.0147. The number of carbonyl (C=O) groups excluding carboxylic acids is 1. The van der Waals surface area contributed by atoms with Crippen molar-refractivity contribution in [2.45, 2.75) is 32.6 Å². The quantitative estimate of drug-likeness (QED) is 0.798. The molecular weight excluding hydrogens is 360 g/mol. The van der Waals surface area contributed by atoms with Gasteiger partial charge in [-0.2, -0.15) is 0 Å². The van der Waals surface area contributed by atoms with Crippen LogP contribution in [0.1, 0.15) is 39.9 Å². The summed E-state index contributed by atoms with van der Waals surface area (Å²) in [4.78, 5) is 15.1. The number of aryl methyl sites for hydroxylation is 3. The van der Waals surface area contributed by atoms with Crippen molar-refractivity contribution in [3.8, 4) is 0 Å². The summed E-state index contributed by atoms with van der Waals surface area (Å²) in [5, 5.41) is 0. The van der Waals surface area contributed by atoms with E-state index in [9.17, 15) is 13.2 Å². The lowest BCUT2D eigenvalue weighted by atomic mass is 9.97. The SMILES string of the molecule is Cc1ccc2c(c1)CCCN2C(=O)c1ccc2c(c1)CCCN2S(C)(=O)=O. The third-order valence-electron chi connectivity index (χ3n) is 5.40. The van der Waals surface area contributed by atoms with Crippen molar-refractivity contribution in [2.24, 2.45) is 0 Å². The summed E-state index contributed by atoms with van der Waals surface area (Å²) >= 11 is 0. The van der Waals surface area contributed by atoms with Crippen LogP contribution in [-0.4, -0.2) is 33.7 Å². The number of anilines is 2. The lowest BCUT2D eigenvalue weighted by Gasteiger charge is -2.31. The van der Waals surface area contributed by atoms with E-state index >= 15 is 0 Å². The first kappa shape index (κ1) is 18.0. The number of hydrogen-bond donors (Lipinski definition) is 0. The molecule has 0 radical (unpaired) electrons. The van der Waals surface area contributed by atoms with Crippen molar-refractivity contribution in [3.05, 3.63) is 58.7 Å². The molecule has 1 amide bonds. The number of hydrogen-bond acceptors (Lipinski definition) is 3. The highest BCUT2D eigenvalue weighted by molar-refractivity contribution is 7.92. The van der Waals surface area contributed by atoms with Crippen molar-refractivity contribution >= 4 is 27.3 Å². The number of amides is 1. The molecule has 0 saturated heterocycles. The molecule has 0 atom stereocenters. The van der Waals surface area contributed by atoms with Crippen molar-refractivity contribution in [1.29, 1.82) is 0 Å². The lowest BCUT2D eigenvalue weighted by molar-refractivity contribution is 0.0985. The summed E-state index contributed by atoms with van der Waals surface area (Å²) in [6.45, 7) is 3.28. The van der Waals surface area contributed by atoms with Crippen LogP contribution in [0.15, 0.2) is 36.4 Å². The summed E-state index contributed by atoms with van der Waals surface area (Å²) < 4.78 is 25.5. The number of rotatable bonds is 2. The van der Waals surface area contributed by atoms with E-state index in [4.69, 9.17) is 0 Å². The van der Waals surface area contributed by atoms with Gasteiger partial charge in [0.1, 0.15) is 0 Å². The largest absolute Gasteiger partial charge is 0.308 e. The Kier molecular flexibility index (Phi) is 4.46. The topological polar surface area (TPSA) is 57.7 Å². The minimum Gasteiger partial charge on any atom is -0.308 e. The molecule has 27 heavy (non-hydrogen) atoms. The monoisotopic (exact) mass is 384 g/mol. The second kappa shape index (κ2) is 6.68. The molecule has 0 saturated carbocycles. The van der Waals surface area contributed by atoms with Gasteiger partial charge in [-0.3, -0.25) is 9.10 Å². The maximum atomic E-state index is 13.2. The van der Waals surface area contributed by atoms with Gasteiger partial charge in [0.15, 0.2) is 0 Å². The minimum absolute atomic E-state index is 0.0147. The van der Waals surface area contributed by atoms with Gasteiger partial charge >= 0.3 is 0 Å². The fraction of sp³-hybridized carbons (Fsp3) is 0.381. The average molecular weight is 385 g/mol. The van der Waals surface area contributed by atoms with Crippen LogP contribution in [-0.2, 0) is 22.9 Å². The molecule has 0 fully saturated rings. The molecule has 0 N–H and O–H groups in total. The molecule has 4 rings (SSSR count). The van der Waals surface area contributed by atoms with Gasteiger partial charge in [-0.05, 0) is 68.0 Å². The number of benzene rings is 2.